The van der Waals surface area contributed by atoms with Crippen LogP contribution in [0.5, 0.6) is 11.5 Å². The number of ether oxygens (including phenoxy) is 1. The minimum atomic E-state index is -1.46. The summed E-state index contributed by atoms with van der Waals surface area (Å²) >= 11 is 0. The van der Waals surface area contributed by atoms with Crippen molar-refractivity contribution in [1.29, 1.82) is 0 Å². The van der Waals surface area contributed by atoms with Gasteiger partial charge in [0.05, 0.1) is 18.4 Å². The molecular weight excluding hydrogens is 544 g/mol. The van der Waals surface area contributed by atoms with E-state index in [-0.39, 0.29) is 24.3 Å². The molecule has 2 amide bonds. The summed E-state index contributed by atoms with van der Waals surface area (Å²) in [7, 11) is 0. The van der Waals surface area contributed by atoms with Crippen molar-refractivity contribution in [3.8, 4) is 11.5 Å². The van der Waals surface area contributed by atoms with Crippen molar-refractivity contribution in [2.45, 2.75) is 63.6 Å². The number of likely N-dealkylation sites (tertiary alicyclic amines) is 1. The predicted octanol–water partition coefficient (Wildman–Crippen LogP) is 4.18. The second-order valence-corrected chi connectivity index (χ2v) is 10.2. The number of phenols is 1. The number of carbonyl (C=O) groups is 4. The van der Waals surface area contributed by atoms with Crippen molar-refractivity contribution in [3.63, 3.8) is 0 Å². The molecule has 2 aromatic carbocycles. The van der Waals surface area contributed by atoms with Crippen LogP contribution in [0.4, 0.5) is 5.82 Å². The molecule has 4 N–H and O–H groups in total. The van der Waals surface area contributed by atoms with Crippen LogP contribution in [0.3, 0.4) is 0 Å². The van der Waals surface area contributed by atoms with E-state index in [1.807, 2.05) is 18.2 Å². The fourth-order valence-electron chi connectivity index (χ4n) is 5.12. The van der Waals surface area contributed by atoms with E-state index in [2.05, 4.69) is 17.2 Å². The molecule has 0 aliphatic carbocycles. The number of nitrogens with zero attached hydrogens (tertiary/aromatic N) is 3. The maximum Gasteiger partial charge on any atom is 0.340 e. The summed E-state index contributed by atoms with van der Waals surface area (Å²) in [5.74, 6) is -3.68. The molecule has 3 atom stereocenters. The molecule has 1 aliphatic heterocycles. The van der Waals surface area contributed by atoms with Gasteiger partial charge >= 0.3 is 11.9 Å². The number of imidazole rings is 1. The average molecular weight is 579 g/mol. The van der Waals surface area contributed by atoms with Crippen molar-refractivity contribution in [1.82, 2.24) is 14.5 Å². The highest BCUT2D eigenvalue weighted by Gasteiger charge is 2.43. The van der Waals surface area contributed by atoms with Crippen LogP contribution in [0.25, 0.3) is 0 Å². The van der Waals surface area contributed by atoms with Gasteiger partial charge in [-0.15, -0.1) is 0 Å². The van der Waals surface area contributed by atoms with E-state index in [0.717, 1.165) is 19.3 Å². The lowest BCUT2D eigenvalue weighted by Gasteiger charge is -2.27. The summed E-state index contributed by atoms with van der Waals surface area (Å²) in [5, 5.41) is 31.8. The molecule has 0 bridgehead atoms. The molecule has 2 heterocycles. The monoisotopic (exact) mass is 578 g/mol. The molecule has 1 aliphatic rings. The van der Waals surface area contributed by atoms with Gasteiger partial charge in [-0.3, -0.25) is 9.59 Å². The van der Waals surface area contributed by atoms with Gasteiger partial charge in [-0.05, 0) is 30.7 Å². The number of hydrogen-bond donors (Lipinski definition) is 4. The Morgan fingerprint density at radius 3 is 2.50 bits per heavy atom. The lowest BCUT2D eigenvalue weighted by atomic mass is 10.1. The van der Waals surface area contributed by atoms with Crippen molar-refractivity contribution in [3.05, 3.63) is 72.2 Å². The molecule has 4 rings (SSSR count). The van der Waals surface area contributed by atoms with Crippen LogP contribution in [0.2, 0.25) is 0 Å². The molecule has 0 radical (unpaired) electrons. The normalized spacial score (nSPS) is 17.0. The van der Waals surface area contributed by atoms with E-state index < -0.39 is 53.3 Å². The third kappa shape index (κ3) is 7.06. The van der Waals surface area contributed by atoms with Gasteiger partial charge in [-0.2, -0.15) is 0 Å². The summed E-state index contributed by atoms with van der Waals surface area (Å²) in [6.45, 7) is 2.17. The number of para-hydroxylation sites is 1. The topological polar surface area (TPSA) is 171 Å². The van der Waals surface area contributed by atoms with Gasteiger partial charge in [0.1, 0.15) is 35.3 Å². The van der Waals surface area contributed by atoms with Crippen LogP contribution in [-0.2, 0) is 9.59 Å². The predicted molar refractivity (Wildman–Crippen MR) is 152 cm³/mol. The molecule has 12 heteroatoms. The number of hydrogen-bond acceptors (Lipinski definition) is 7. The van der Waals surface area contributed by atoms with E-state index in [1.165, 1.54) is 40.2 Å². The van der Waals surface area contributed by atoms with Gasteiger partial charge in [0.25, 0.3) is 5.91 Å². The summed E-state index contributed by atoms with van der Waals surface area (Å²) < 4.78 is 7.51. The average Bonchev–Trinajstić information content (AvgIpc) is 3.60. The van der Waals surface area contributed by atoms with Crippen LogP contribution >= 0.6 is 0 Å². The fraction of sp³-hybridized carbons (Fsp3) is 0.367. The Hall–Kier alpha value is -4.87. The van der Waals surface area contributed by atoms with Crippen LogP contribution in [-0.4, -0.2) is 72.2 Å². The first-order chi connectivity index (χ1) is 20.2. The lowest BCUT2D eigenvalue weighted by molar-refractivity contribution is -0.149. The van der Waals surface area contributed by atoms with Gasteiger partial charge in [-0.1, -0.05) is 56.9 Å². The van der Waals surface area contributed by atoms with Crippen LogP contribution in [0, 0.1) is 0 Å². The van der Waals surface area contributed by atoms with Crippen molar-refractivity contribution in [2.75, 3.05) is 11.9 Å². The number of anilines is 1. The highest BCUT2D eigenvalue weighted by molar-refractivity contribution is 6.11. The molecule has 1 saturated heterocycles. The SMILES string of the molecule is CCCCCCC(C(=O)N1CC(Oc2ccccc2)C[C@H]1C(=O)O)n1cnc(NC(=O)c2cccc(O)c2C(=O)O)c1. The lowest BCUT2D eigenvalue weighted by Crippen LogP contribution is -2.44. The Balaban J connectivity index is 1.55. The zero-order chi connectivity index (χ0) is 30.2. The maximum absolute atomic E-state index is 13.9. The van der Waals surface area contributed by atoms with E-state index >= 15 is 0 Å². The number of aromatic hydroxyl groups is 1. The van der Waals surface area contributed by atoms with E-state index in [1.54, 1.807) is 12.1 Å². The van der Waals surface area contributed by atoms with E-state index in [9.17, 15) is 34.5 Å². The van der Waals surface area contributed by atoms with Gasteiger partial charge in [0, 0.05) is 12.6 Å². The highest BCUT2D eigenvalue weighted by Crippen LogP contribution is 2.29. The molecule has 2 unspecified atom stereocenters. The number of aromatic nitrogens is 2. The number of amides is 2. The summed E-state index contributed by atoms with van der Waals surface area (Å²) in [6, 6.07) is 11.0. The van der Waals surface area contributed by atoms with Crippen molar-refractivity contribution < 1.29 is 39.2 Å². The molecule has 222 valence electrons. The Morgan fingerprint density at radius 1 is 1.05 bits per heavy atom. The summed E-state index contributed by atoms with van der Waals surface area (Å²) in [6.07, 6.45) is 6.47. The largest absolute Gasteiger partial charge is 0.507 e. The molecular formula is C30H34N4O8. The maximum atomic E-state index is 13.9. The van der Waals surface area contributed by atoms with E-state index in [4.69, 9.17) is 4.74 Å². The number of carbonyl (C=O) groups excluding carboxylic acids is 2. The molecule has 1 aromatic heterocycles. The number of aromatic carboxylic acids is 1. The number of rotatable bonds is 13. The molecule has 0 spiro atoms. The first kappa shape index (κ1) is 30.1. The standard InChI is InChI=1S/C30H34N4O8/c1-2-3-4-8-13-22(28(37)34-16-20(15-23(34)29(38)39)42-19-10-6-5-7-11-19)33-17-25(31-18-33)32-27(36)21-12-9-14-24(35)26(21)30(40)41/h5-7,9-12,14,17-18,20,22-23,35H,2-4,8,13,15-16H2,1H3,(H,32,36)(H,38,39)(H,40,41)/t20?,22?,23-/m0/s1. The Labute approximate surface area is 242 Å². The van der Waals surface area contributed by atoms with Crippen molar-refractivity contribution in [2.24, 2.45) is 0 Å². The smallest absolute Gasteiger partial charge is 0.340 e. The molecule has 1 fully saturated rings. The molecule has 42 heavy (non-hydrogen) atoms. The summed E-state index contributed by atoms with van der Waals surface area (Å²) in [4.78, 5) is 56.1. The van der Waals surface area contributed by atoms with Gasteiger partial charge in [0.2, 0.25) is 5.91 Å². The summed E-state index contributed by atoms with van der Waals surface area (Å²) in [5.41, 5.74) is -0.797. The number of benzene rings is 2. The molecule has 12 nitrogen and oxygen atoms in total. The molecule has 0 saturated carbocycles. The number of nitrogens with one attached hydrogen (secondary N) is 1. The minimum Gasteiger partial charge on any atom is -0.507 e. The van der Waals surface area contributed by atoms with Gasteiger partial charge in [-0.25, -0.2) is 14.6 Å². The van der Waals surface area contributed by atoms with Crippen LogP contribution < -0.4 is 10.1 Å². The minimum absolute atomic E-state index is 0.0625. The zero-order valence-electron chi connectivity index (χ0n) is 23.2. The van der Waals surface area contributed by atoms with E-state index in [0.29, 0.717) is 18.6 Å². The molecule has 3 aromatic rings. The zero-order valence-corrected chi connectivity index (χ0v) is 23.2. The first-order valence-corrected chi connectivity index (χ1v) is 13.8. The quantitative estimate of drug-likeness (QED) is 0.217. The van der Waals surface area contributed by atoms with Crippen LogP contribution in [0.1, 0.15) is 72.2 Å². The number of unbranched alkanes of at least 4 members (excludes halogenated alkanes) is 3. The van der Waals surface area contributed by atoms with Crippen molar-refractivity contribution >= 4 is 29.6 Å². The number of carboxylic acid groups (broad SMARTS) is 2. The third-order valence-electron chi connectivity index (χ3n) is 7.20. The Kier molecular flexibility index (Phi) is 9.79. The fourth-order valence-corrected chi connectivity index (χ4v) is 5.12. The number of carboxylic acids is 2. The highest BCUT2D eigenvalue weighted by atomic mass is 16.5. The Bertz CT molecular complexity index is 1420. The second kappa shape index (κ2) is 13.7. The second-order valence-electron chi connectivity index (χ2n) is 10.2. The third-order valence-corrected chi connectivity index (χ3v) is 7.20. The van der Waals surface area contributed by atoms with Gasteiger partial charge in [0.15, 0.2) is 5.82 Å². The van der Waals surface area contributed by atoms with Gasteiger partial charge < -0.3 is 34.8 Å². The van der Waals surface area contributed by atoms with Crippen LogP contribution in [0.15, 0.2) is 61.1 Å². The number of aliphatic carboxylic acids is 1. The Morgan fingerprint density at radius 2 is 1.81 bits per heavy atom. The first-order valence-electron chi connectivity index (χ1n) is 13.8.